The summed E-state index contributed by atoms with van der Waals surface area (Å²) >= 11 is 0. The zero-order chi connectivity index (χ0) is 8.97. The number of aliphatic hydroxyl groups excluding tert-OH is 1. The summed E-state index contributed by atoms with van der Waals surface area (Å²) in [5, 5.41) is 13.8. The monoisotopic (exact) mass is 172 g/mol. The summed E-state index contributed by atoms with van der Waals surface area (Å²) in [4.78, 5) is 11.1. The third kappa shape index (κ3) is 2.02. The van der Waals surface area contributed by atoms with Crippen LogP contribution in [0.4, 0.5) is 0 Å². The van der Waals surface area contributed by atoms with Gasteiger partial charge in [0, 0.05) is 7.11 Å². The van der Waals surface area contributed by atoms with Crippen molar-refractivity contribution in [1.82, 2.24) is 5.01 Å². The van der Waals surface area contributed by atoms with Gasteiger partial charge in [0.15, 0.2) is 0 Å². The topological polar surface area (TPSA) is 62.1 Å². The second-order valence-electron chi connectivity index (χ2n) is 2.52. The number of carbonyl (C=O) groups excluding carboxylic acids is 1. The quantitative estimate of drug-likeness (QED) is 0.604. The molecule has 0 aliphatic carbocycles. The Morgan fingerprint density at radius 1 is 1.75 bits per heavy atom. The lowest BCUT2D eigenvalue weighted by molar-refractivity contribution is -0.129. The van der Waals surface area contributed by atoms with Crippen LogP contribution in [-0.4, -0.2) is 48.6 Å². The minimum atomic E-state index is -0.0731. The number of ether oxygens (including phenoxy) is 1. The van der Waals surface area contributed by atoms with E-state index in [1.807, 2.05) is 0 Å². The first-order valence-electron chi connectivity index (χ1n) is 3.74. The van der Waals surface area contributed by atoms with Gasteiger partial charge in [-0.1, -0.05) is 0 Å². The third-order valence-corrected chi connectivity index (χ3v) is 1.53. The lowest BCUT2D eigenvalue weighted by Crippen LogP contribution is -2.23. The van der Waals surface area contributed by atoms with Gasteiger partial charge in [-0.05, 0) is 0 Å². The van der Waals surface area contributed by atoms with Gasteiger partial charge < -0.3 is 9.84 Å². The first kappa shape index (κ1) is 9.15. The molecule has 1 aliphatic rings. The van der Waals surface area contributed by atoms with Gasteiger partial charge >= 0.3 is 0 Å². The molecule has 1 rings (SSSR count). The number of methoxy groups -OCH3 is 1. The van der Waals surface area contributed by atoms with E-state index in [1.54, 1.807) is 7.11 Å². The van der Waals surface area contributed by atoms with E-state index in [0.29, 0.717) is 13.0 Å². The molecule has 0 unspecified atom stereocenters. The molecule has 0 aromatic carbocycles. The molecular weight excluding hydrogens is 160 g/mol. The van der Waals surface area contributed by atoms with Crippen LogP contribution in [-0.2, 0) is 9.53 Å². The second kappa shape index (κ2) is 4.18. The molecule has 12 heavy (non-hydrogen) atoms. The molecule has 0 aromatic heterocycles. The number of hydrogen-bond donors (Lipinski definition) is 1. The van der Waals surface area contributed by atoms with Gasteiger partial charge in [0.1, 0.15) is 0 Å². The molecule has 1 aliphatic heterocycles. The molecule has 1 heterocycles. The summed E-state index contributed by atoms with van der Waals surface area (Å²) in [6.07, 6.45) is 0.313. The van der Waals surface area contributed by atoms with Crippen molar-refractivity contribution in [2.75, 3.05) is 26.9 Å². The predicted octanol–water partition coefficient (Wildman–Crippen LogP) is -0.787. The summed E-state index contributed by atoms with van der Waals surface area (Å²) in [6, 6.07) is 0. The minimum absolute atomic E-state index is 0.0600. The summed E-state index contributed by atoms with van der Waals surface area (Å²) < 4.78 is 4.83. The van der Waals surface area contributed by atoms with Gasteiger partial charge in [-0.3, -0.25) is 4.79 Å². The van der Waals surface area contributed by atoms with Crippen molar-refractivity contribution in [1.29, 1.82) is 0 Å². The van der Waals surface area contributed by atoms with E-state index in [-0.39, 0.29) is 19.1 Å². The van der Waals surface area contributed by atoms with Gasteiger partial charge in [0.05, 0.1) is 31.9 Å². The number of nitrogens with zero attached hydrogens (tertiary/aromatic N) is 2. The lowest BCUT2D eigenvalue weighted by Gasteiger charge is -2.07. The fourth-order valence-corrected chi connectivity index (χ4v) is 1.04. The Hall–Kier alpha value is -0.940. The average Bonchev–Trinajstić information content (AvgIpc) is 2.34. The fourth-order valence-electron chi connectivity index (χ4n) is 1.04. The van der Waals surface area contributed by atoms with Crippen LogP contribution in [0, 0.1) is 0 Å². The normalized spacial score (nSPS) is 17.0. The molecule has 0 bridgehead atoms. The summed E-state index contributed by atoms with van der Waals surface area (Å²) in [7, 11) is 1.56. The molecule has 0 saturated carbocycles. The number of hydrogen-bond acceptors (Lipinski definition) is 4. The van der Waals surface area contributed by atoms with E-state index in [0.717, 1.165) is 5.71 Å². The number of rotatable bonds is 4. The first-order chi connectivity index (χ1) is 5.77. The molecule has 1 amide bonds. The van der Waals surface area contributed by atoms with Crippen molar-refractivity contribution >= 4 is 11.6 Å². The maximum absolute atomic E-state index is 11.1. The van der Waals surface area contributed by atoms with Crippen LogP contribution in [0.2, 0.25) is 0 Å². The van der Waals surface area contributed by atoms with E-state index in [9.17, 15) is 4.79 Å². The zero-order valence-electron chi connectivity index (χ0n) is 6.99. The molecule has 68 valence electrons. The minimum Gasteiger partial charge on any atom is -0.394 e. The molecule has 0 fully saturated rings. The van der Waals surface area contributed by atoms with Crippen LogP contribution in [0.1, 0.15) is 6.42 Å². The maximum atomic E-state index is 11.1. The molecule has 0 radical (unpaired) electrons. The number of carbonyl (C=O) groups is 1. The summed E-state index contributed by atoms with van der Waals surface area (Å²) in [6.45, 7) is 0.592. The Balaban J connectivity index is 2.48. The number of β-amino-alcohol motifs (C(OH)–C–C–N with tert-alkyl or cyclic N) is 1. The van der Waals surface area contributed by atoms with Crippen LogP contribution in [0.5, 0.6) is 0 Å². The number of amides is 1. The van der Waals surface area contributed by atoms with Gasteiger partial charge in [0.25, 0.3) is 0 Å². The van der Waals surface area contributed by atoms with Crippen LogP contribution in [0.25, 0.3) is 0 Å². The molecule has 0 saturated heterocycles. The van der Waals surface area contributed by atoms with Crippen LogP contribution in [0.15, 0.2) is 5.10 Å². The van der Waals surface area contributed by atoms with Crippen molar-refractivity contribution in [3.8, 4) is 0 Å². The SMILES string of the molecule is COCC1=NN(CCO)C(=O)C1. The van der Waals surface area contributed by atoms with E-state index < -0.39 is 0 Å². The Kier molecular flexibility index (Phi) is 3.19. The average molecular weight is 172 g/mol. The van der Waals surface area contributed by atoms with Crippen LogP contribution >= 0.6 is 0 Å². The Bertz CT molecular complexity index is 203. The zero-order valence-corrected chi connectivity index (χ0v) is 6.99. The van der Waals surface area contributed by atoms with E-state index in [4.69, 9.17) is 9.84 Å². The molecular formula is C7H12N2O3. The van der Waals surface area contributed by atoms with Gasteiger partial charge in [0.2, 0.25) is 5.91 Å². The van der Waals surface area contributed by atoms with Gasteiger partial charge in [-0.25, -0.2) is 5.01 Å². The molecule has 1 N–H and O–H groups in total. The van der Waals surface area contributed by atoms with E-state index in [1.165, 1.54) is 5.01 Å². The molecule has 0 atom stereocenters. The van der Waals surface area contributed by atoms with Crippen molar-refractivity contribution in [3.05, 3.63) is 0 Å². The standard InChI is InChI=1S/C7H12N2O3/c1-12-5-6-4-7(11)9(8-6)2-3-10/h10H,2-5H2,1H3. The van der Waals surface area contributed by atoms with Crippen molar-refractivity contribution < 1.29 is 14.6 Å². The molecule has 5 nitrogen and oxygen atoms in total. The maximum Gasteiger partial charge on any atom is 0.248 e. The predicted molar refractivity (Wildman–Crippen MR) is 42.7 cm³/mol. The van der Waals surface area contributed by atoms with E-state index >= 15 is 0 Å². The largest absolute Gasteiger partial charge is 0.394 e. The highest BCUT2D eigenvalue weighted by atomic mass is 16.5. The highest BCUT2D eigenvalue weighted by molar-refractivity contribution is 6.05. The highest BCUT2D eigenvalue weighted by Crippen LogP contribution is 2.07. The van der Waals surface area contributed by atoms with Gasteiger partial charge in [-0.2, -0.15) is 5.10 Å². The van der Waals surface area contributed by atoms with Crippen molar-refractivity contribution in [2.24, 2.45) is 5.10 Å². The van der Waals surface area contributed by atoms with Crippen molar-refractivity contribution in [2.45, 2.75) is 6.42 Å². The first-order valence-corrected chi connectivity index (χ1v) is 3.74. The molecule has 0 aromatic rings. The second-order valence-corrected chi connectivity index (χ2v) is 2.52. The van der Waals surface area contributed by atoms with Gasteiger partial charge in [-0.15, -0.1) is 0 Å². The number of aliphatic hydroxyl groups is 1. The number of hydrazone groups is 1. The Labute approximate surface area is 70.6 Å². The fraction of sp³-hybridized carbons (Fsp3) is 0.714. The third-order valence-electron chi connectivity index (χ3n) is 1.53. The smallest absolute Gasteiger partial charge is 0.248 e. The Morgan fingerprint density at radius 3 is 3.08 bits per heavy atom. The van der Waals surface area contributed by atoms with E-state index in [2.05, 4.69) is 5.10 Å². The van der Waals surface area contributed by atoms with Crippen LogP contribution in [0.3, 0.4) is 0 Å². The summed E-state index contributed by atoms with van der Waals surface area (Å²) in [5.41, 5.74) is 0.718. The highest BCUT2D eigenvalue weighted by Gasteiger charge is 2.22. The molecule has 0 spiro atoms. The summed E-state index contributed by atoms with van der Waals surface area (Å²) in [5.74, 6) is -0.0731. The molecule has 5 heteroatoms. The Morgan fingerprint density at radius 2 is 2.50 bits per heavy atom. The lowest BCUT2D eigenvalue weighted by atomic mass is 10.3. The van der Waals surface area contributed by atoms with Crippen LogP contribution < -0.4 is 0 Å². The van der Waals surface area contributed by atoms with Crippen molar-refractivity contribution in [3.63, 3.8) is 0 Å².